The Morgan fingerprint density at radius 3 is 2.57 bits per heavy atom. The highest BCUT2D eigenvalue weighted by Crippen LogP contribution is 2.15. The molecule has 21 heavy (non-hydrogen) atoms. The fraction of sp³-hybridized carbons (Fsp3) is 0.154. The average molecular weight is 307 g/mol. The highest BCUT2D eigenvalue weighted by atomic mass is 32.2. The van der Waals surface area contributed by atoms with Crippen LogP contribution in [0.3, 0.4) is 0 Å². The van der Waals surface area contributed by atoms with E-state index in [9.17, 15) is 18.0 Å². The number of amides is 1. The van der Waals surface area contributed by atoms with E-state index in [-0.39, 0.29) is 16.1 Å². The number of hydrogen-bond acceptors (Lipinski definition) is 5. The lowest BCUT2D eigenvalue weighted by molar-refractivity contribution is 0.102. The predicted molar refractivity (Wildman–Crippen MR) is 77.0 cm³/mol. The Kier molecular flexibility index (Phi) is 3.90. The van der Waals surface area contributed by atoms with Gasteiger partial charge in [0.05, 0.1) is 4.90 Å². The molecule has 7 nitrogen and oxygen atoms in total. The van der Waals surface area contributed by atoms with E-state index >= 15 is 0 Å². The summed E-state index contributed by atoms with van der Waals surface area (Å²) in [5, 5.41) is 6.35. The minimum absolute atomic E-state index is 0.0573. The molecule has 0 atom stereocenters. The fourth-order valence-corrected chi connectivity index (χ4v) is 2.29. The highest BCUT2D eigenvalue weighted by Gasteiger charge is 2.11. The smallest absolute Gasteiger partial charge is 0.276 e. The molecule has 1 aromatic carbocycles. The summed E-state index contributed by atoms with van der Waals surface area (Å²) in [4.78, 5) is 23.3. The second-order valence-corrected chi connectivity index (χ2v) is 6.45. The number of rotatable bonds is 3. The molecule has 0 bridgehead atoms. The van der Waals surface area contributed by atoms with Gasteiger partial charge in [-0.05, 0) is 24.3 Å². The number of hydrogen-bond donors (Lipinski definition) is 1. The molecule has 0 fully saturated rings. The number of nitrogens with zero attached hydrogens (tertiary/aromatic N) is 2. The molecule has 2 rings (SSSR count). The van der Waals surface area contributed by atoms with E-state index in [1.807, 2.05) is 0 Å². The summed E-state index contributed by atoms with van der Waals surface area (Å²) in [6, 6.07) is 8.42. The molecule has 0 unspecified atom stereocenters. The zero-order chi connectivity index (χ0) is 15.6. The number of anilines is 1. The van der Waals surface area contributed by atoms with Crippen molar-refractivity contribution in [3.05, 3.63) is 52.4 Å². The summed E-state index contributed by atoms with van der Waals surface area (Å²) < 4.78 is 24.0. The van der Waals surface area contributed by atoms with Crippen LogP contribution >= 0.6 is 0 Å². The first-order valence-electron chi connectivity index (χ1n) is 5.93. The first kappa shape index (κ1) is 14.9. The summed E-state index contributed by atoms with van der Waals surface area (Å²) in [5.41, 5.74) is 0.0612. The Balaban J connectivity index is 2.27. The first-order chi connectivity index (χ1) is 9.77. The van der Waals surface area contributed by atoms with Gasteiger partial charge in [-0.25, -0.2) is 13.1 Å². The zero-order valence-corrected chi connectivity index (χ0v) is 12.2. The van der Waals surface area contributed by atoms with Crippen molar-refractivity contribution >= 4 is 21.4 Å². The molecule has 1 aromatic heterocycles. The SMILES string of the molecule is Cn1nc(C(=O)Nc2cccc(S(C)(=O)=O)c2)ccc1=O. The van der Waals surface area contributed by atoms with Crippen LogP contribution in [-0.4, -0.2) is 30.4 Å². The van der Waals surface area contributed by atoms with E-state index < -0.39 is 15.7 Å². The van der Waals surface area contributed by atoms with Crippen LogP contribution in [0.25, 0.3) is 0 Å². The van der Waals surface area contributed by atoms with Crippen molar-refractivity contribution in [3.8, 4) is 0 Å². The van der Waals surface area contributed by atoms with Gasteiger partial charge in [-0.15, -0.1) is 0 Å². The number of nitrogens with one attached hydrogen (secondary N) is 1. The van der Waals surface area contributed by atoms with Crippen molar-refractivity contribution < 1.29 is 13.2 Å². The number of benzene rings is 1. The quantitative estimate of drug-likeness (QED) is 0.887. The van der Waals surface area contributed by atoms with Crippen LogP contribution in [0.2, 0.25) is 0 Å². The van der Waals surface area contributed by atoms with Gasteiger partial charge in [0.1, 0.15) is 5.69 Å². The van der Waals surface area contributed by atoms with Crippen LogP contribution in [0.1, 0.15) is 10.5 Å². The van der Waals surface area contributed by atoms with Crippen LogP contribution in [0.5, 0.6) is 0 Å². The summed E-state index contributed by atoms with van der Waals surface area (Å²) >= 11 is 0. The molecule has 110 valence electrons. The third kappa shape index (κ3) is 3.54. The molecular weight excluding hydrogens is 294 g/mol. The van der Waals surface area contributed by atoms with Gasteiger partial charge in [0.15, 0.2) is 9.84 Å². The molecule has 0 aliphatic heterocycles. The van der Waals surface area contributed by atoms with Gasteiger partial charge in [-0.1, -0.05) is 6.07 Å². The van der Waals surface area contributed by atoms with Crippen molar-refractivity contribution in [2.24, 2.45) is 7.05 Å². The van der Waals surface area contributed by atoms with Crippen LogP contribution in [0.15, 0.2) is 46.1 Å². The Bertz CT molecular complexity index is 856. The number of aromatic nitrogens is 2. The Morgan fingerprint density at radius 2 is 1.95 bits per heavy atom. The maximum Gasteiger partial charge on any atom is 0.276 e. The molecule has 8 heteroatoms. The van der Waals surface area contributed by atoms with Crippen molar-refractivity contribution in [2.45, 2.75) is 4.90 Å². The maximum absolute atomic E-state index is 12.0. The number of carbonyl (C=O) groups excluding carboxylic acids is 1. The summed E-state index contributed by atoms with van der Waals surface area (Å²) in [6.07, 6.45) is 1.09. The normalized spacial score (nSPS) is 11.1. The molecule has 1 amide bonds. The van der Waals surface area contributed by atoms with Gasteiger partial charge in [0.25, 0.3) is 11.5 Å². The van der Waals surface area contributed by atoms with Gasteiger partial charge in [-0.3, -0.25) is 9.59 Å². The topological polar surface area (TPSA) is 98.1 Å². The summed E-state index contributed by atoms with van der Waals surface area (Å²) in [6.45, 7) is 0. The molecule has 0 saturated heterocycles. The summed E-state index contributed by atoms with van der Waals surface area (Å²) in [5.74, 6) is -0.531. The fourth-order valence-electron chi connectivity index (χ4n) is 1.62. The highest BCUT2D eigenvalue weighted by molar-refractivity contribution is 7.90. The Hall–Kier alpha value is -2.48. The molecule has 1 heterocycles. The molecule has 0 saturated carbocycles. The van der Waals surface area contributed by atoms with E-state index in [2.05, 4.69) is 10.4 Å². The second-order valence-electron chi connectivity index (χ2n) is 4.43. The van der Waals surface area contributed by atoms with Gasteiger partial charge in [0, 0.05) is 25.1 Å². The van der Waals surface area contributed by atoms with Crippen molar-refractivity contribution in [2.75, 3.05) is 11.6 Å². The molecule has 0 aliphatic rings. The van der Waals surface area contributed by atoms with E-state index in [1.54, 1.807) is 6.07 Å². The lowest BCUT2D eigenvalue weighted by Gasteiger charge is -2.06. The standard InChI is InChI=1S/C13H13N3O4S/c1-16-12(17)7-6-11(15-16)13(18)14-9-4-3-5-10(8-9)21(2,19)20/h3-8H,1-2H3,(H,14,18). The van der Waals surface area contributed by atoms with Gasteiger partial charge in [0.2, 0.25) is 0 Å². The minimum Gasteiger partial charge on any atom is -0.321 e. The van der Waals surface area contributed by atoms with E-state index in [0.29, 0.717) is 5.69 Å². The number of carbonyl (C=O) groups is 1. The lowest BCUT2D eigenvalue weighted by atomic mass is 10.3. The maximum atomic E-state index is 12.0. The van der Waals surface area contributed by atoms with Gasteiger partial charge in [-0.2, -0.15) is 5.10 Å². The largest absolute Gasteiger partial charge is 0.321 e. The molecule has 2 aromatic rings. The van der Waals surface area contributed by atoms with Gasteiger partial charge < -0.3 is 5.32 Å². The predicted octanol–water partition coefficient (Wildman–Crippen LogP) is 0.436. The van der Waals surface area contributed by atoms with Crippen LogP contribution < -0.4 is 10.9 Å². The van der Waals surface area contributed by atoms with Crippen LogP contribution in [0.4, 0.5) is 5.69 Å². The monoisotopic (exact) mass is 307 g/mol. The van der Waals surface area contributed by atoms with E-state index in [1.165, 1.54) is 37.4 Å². The van der Waals surface area contributed by atoms with Crippen LogP contribution in [-0.2, 0) is 16.9 Å². The first-order valence-corrected chi connectivity index (χ1v) is 7.82. The van der Waals surface area contributed by atoms with Crippen molar-refractivity contribution in [1.29, 1.82) is 0 Å². The molecular formula is C13H13N3O4S. The van der Waals surface area contributed by atoms with Crippen LogP contribution in [0, 0.1) is 0 Å². The van der Waals surface area contributed by atoms with Gasteiger partial charge >= 0.3 is 0 Å². The molecule has 1 N–H and O–H groups in total. The van der Waals surface area contributed by atoms with E-state index in [4.69, 9.17) is 0 Å². The Labute approximate surface area is 121 Å². The van der Waals surface area contributed by atoms with E-state index in [0.717, 1.165) is 10.9 Å². The molecule has 0 aliphatic carbocycles. The van der Waals surface area contributed by atoms with Crippen molar-refractivity contribution in [1.82, 2.24) is 9.78 Å². The lowest BCUT2D eigenvalue weighted by Crippen LogP contribution is -2.23. The Morgan fingerprint density at radius 1 is 1.24 bits per heavy atom. The zero-order valence-electron chi connectivity index (χ0n) is 11.4. The average Bonchev–Trinajstić information content (AvgIpc) is 2.41. The third-order valence-electron chi connectivity index (χ3n) is 2.71. The third-order valence-corrected chi connectivity index (χ3v) is 3.82. The number of aryl methyl sites for hydroxylation is 1. The summed E-state index contributed by atoms with van der Waals surface area (Å²) in [7, 11) is -1.92. The second kappa shape index (κ2) is 5.49. The molecule has 0 radical (unpaired) electrons. The number of sulfone groups is 1. The molecule has 0 spiro atoms. The van der Waals surface area contributed by atoms with Crippen molar-refractivity contribution in [3.63, 3.8) is 0 Å². The minimum atomic E-state index is -3.35.